The van der Waals surface area contributed by atoms with Crippen molar-refractivity contribution < 1.29 is 4.74 Å². The molecule has 0 fully saturated rings. The van der Waals surface area contributed by atoms with Crippen molar-refractivity contribution in [3.63, 3.8) is 0 Å². The summed E-state index contributed by atoms with van der Waals surface area (Å²) in [7, 11) is 0. The van der Waals surface area contributed by atoms with Crippen LogP contribution in [0.15, 0.2) is 18.2 Å². The molecule has 1 aromatic carbocycles. The van der Waals surface area contributed by atoms with Crippen LogP contribution < -0.4 is 10.1 Å². The maximum absolute atomic E-state index is 5.51. The summed E-state index contributed by atoms with van der Waals surface area (Å²) in [6.45, 7) is 6.40. The van der Waals surface area contributed by atoms with Gasteiger partial charge >= 0.3 is 0 Å². The lowest BCUT2D eigenvalue weighted by Crippen LogP contribution is -2.19. The molecule has 1 aromatic rings. The molecule has 1 unspecified atom stereocenters. The summed E-state index contributed by atoms with van der Waals surface area (Å²) in [5.74, 6) is 1.07. The van der Waals surface area contributed by atoms with Gasteiger partial charge in [0.05, 0.1) is 6.61 Å². The Hall–Kier alpha value is -1.02. The smallest absolute Gasteiger partial charge is 0.122 e. The largest absolute Gasteiger partial charge is 0.493 e. The van der Waals surface area contributed by atoms with Gasteiger partial charge in [0, 0.05) is 12.5 Å². The van der Waals surface area contributed by atoms with Gasteiger partial charge in [-0.15, -0.1) is 0 Å². The minimum absolute atomic E-state index is 0.442. The van der Waals surface area contributed by atoms with Crippen molar-refractivity contribution in [1.82, 2.24) is 5.32 Å². The second kappa shape index (κ2) is 5.35. The lowest BCUT2D eigenvalue weighted by Gasteiger charge is -2.14. The van der Waals surface area contributed by atoms with Gasteiger partial charge in [-0.05, 0) is 37.1 Å². The predicted molar refractivity (Wildman–Crippen MR) is 67.0 cm³/mol. The molecule has 0 radical (unpaired) electrons. The standard InChI is InChI=1S/C14H21NO/c1-3-4-8-15-11(2)12-5-6-14-13(10-12)7-9-16-14/h5-6,10-11,15H,3-4,7-9H2,1-2H3. The fourth-order valence-electron chi connectivity index (χ4n) is 2.09. The van der Waals surface area contributed by atoms with Crippen LogP contribution in [-0.2, 0) is 6.42 Å². The molecule has 1 aliphatic rings. The maximum Gasteiger partial charge on any atom is 0.122 e. The first-order valence-corrected chi connectivity index (χ1v) is 6.30. The summed E-state index contributed by atoms with van der Waals surface area (Å²) in [5.41, 5.74) is 2.74. The average Bonchev–Trinajstić information content (AvgIpc) is 2.76. The molecule has 2 nitrogen and oxygen atoms in total. The van der Waals surface area contributed by atoms with Crippen molar-refractivity contribution in [3.05, 3.63) is 29.3 Å². The van der Waals surface area contributed by atoms with E-state index >= 15 is 0 Å². The molecule has 1 aliphatic heterocycles. The lowest BCUT2D eigenvalue weighted by atomic mass is 10.0. The van der Waals surface area contributed by atoms with Gasteiger partial charge in [0.15, 0.2) is 0 Å². The van der Waals surface area contributed by atoms with Crippen molar-refractivity contribution in [2.75, 3.05) is 13.2 Å². The van der Waals surface area contributed by atoms with E-state index in [1.807, 2.05) is 0 Å². The molecule has 2 rings (SSSR count). The third kappa shape index (κ3) is 2.56. The number of fused-ring (bicyclic) bond motifs is 1. The normalized spacial score (nSPS) is 15.6. The molecule has 0 bridgehead atoms. The highest BCUT2D eigenvalue weighted by Crippen LogP contribution is 2.27. The number of nitrogens with one attached hydrogen (secondary N) is 1. The van der Waals surface area contributed by atoms with Crippen LogP contribution in [-0.4, -0.2) is 13.2 Å². The number of benzene rings is 1. The Morgan fingerprint density at radius 3 is 3.12 bits per heavy atom. The SMILES string of the molecule is CCCCNC(C)c1ccc2c(c1)CCO2. The Morgan fingerprint density at radius 2 is 2.31 bits per heavy atom. The molecule has 16 heavy (non-hydrogen) atoms. The minimum Gasteiger partial charge on any atom is -0.493 e. The molecule has 0 saturated heterocycles. The second-order valence-corrected chi connectivity index (χ2v) is 4.49. The summed E-state index contributed by atoms with van der Waals surface area (Å²) in [6, 6.07) is 7.01. The molecule has 1 atom stereocenters. The van der Waals surface area contributed by atoms with Gasteiger partial charge in [-0.1, -0.05) is 25.5 Å². The molecular formula is C14H21NO. The molecule has 1 N–H and O–H groups in total. The highest BCUT2D eigenvalue weighted by Gasteiger charge is 2.13. The van der Waals surface area contributed by atoms with Crippen molar-refractivity contribution >= 4 is 0 Å². The molecule has 0 spiro atoms. The monoisotopic (exact) mass is 219 g/mol. The first-order valence-electron chi connectivity index (χ1n) is 6.30. The topological polar surface area (TPSA) is 21.3 Å². The zero-order valence-corrected chi connectivity index (χ0v) is 10.3. The zero-order valence-electron chi connectivity index (χ0n) is 10.3. The predicted octanol–water partition coefficient (Wildman–Crippen LogP) is 3.07. The second-order valence-electron chi connectivity index (χ2n) is 4.49. The van der Waals surface area contributed by atoms with E-state index in [1.165, 1.54) is 24.0 Å². The van der Waals surface area contributed by atoms with Crippen molar-refractivity contribution in [3.8, 4) is 5.75 Å². The van der Waals surface area contributed by atoms with Gasteiger partial charge in [0.1, 0.15) is 5.75 Å². The first-order chi connectivity index (χ1) is 7.81. The van der Waals surface area contributed by atoms with Gasteiger partial charge in [-0.3, -0.25) is 0 Å². The van der Waals surface area contributed by atoms with Crippen LogP contribution in [0, 0.1) is 0 Å². The van der Waals surface area contributed by atoms with Gasteiger partial charge in [-0.25, -0.2) is 0 Å². The number of ether oxygens (including phenoxy) is 1. The van der Waals surface area contributed by atoms with E-state index < -0.39 is 0 Å². The summed E-state index contributed by atoms with van der Waals surface area (Å²) >= 11 is 0. The fourth-order valence-corrected chi connectivity index (χ4v) is 2.09. The van der Waals surface area contributed by atoms with Crippen molar-refractivity contribution in [2.45, 2.75) is 39.2 Å². The number of hydrogen-bond acceptors (Lipinski definition) is 2. The first kappa shape index (κ1) is 11.5. The molecule has 0 amide bonds. The summed E-state index contributed by atoms with van der Waals surface area (Å²) in [4.78, 5) is 0. The van der Waals surface area contributed by atoms with E-state index in [9.17, 15) is 0 Å². The highest BCUT2D eigenvalue weighted by molar-refractivity contribution is 5.40. The van der Waals surface area contributed by atoms with Crippen LogP contribution in [0.2, 0.25) is 0 Å². The third-order valence-electron chi connectivity index (χ3n) is 3.19. The lowest BCUT2D eigenvalue weighted by molar-refractivity contribution is 0.356. The van der Waals surface area contributed by atoms with Gasteiger partial charge in [-0.2, -0.15) is 0 Å². The van der Waals surface area contributed by atoms with Crippen LogP contribution in [0.5, 0.6) is 5.75 Å². The third-order valence-corrected chi connectivity index (χ3v) is 3.19. The van der Waals surface area contributed by atoms with Gasteiger partial charge in [0.25, 0.3) is 0 Å². The fraction of sp³-hybridized carbons (Fsp3) is 0.571. The van der Waals surface area contributed by atoms with Crippen LogP contribution >= 0.6 is 0 Å². The van der Waals surface area contributed by atoms with E-state index in [-0.39, 0.29) is 0 Å². The highest BCUT2D eigenvalue weighted by atomic mass is 16.5. The molecule has 0 aromatic heterocycles. The molecule has 88 valence electrons. The van der Waals surface area contributed by atoms with E-state index in [0.29, 0.717) is 6.04 Å². The Morgan fingerprint density at radius 1 is 1.44 bits per heavy atom. The number of rotatable bonds is 5. The molecular weight excluding hydrogens is 198 g/mol. The van der Waals surface area contributed by atoms with Crippen LogP contribution in [0.1, 0.15) is 43.9 Å². The van der Waals surface area contributed by atoms with Crippen LogP contribution in [0.25, 0.3) is 0 Å². The Bertz CT molecular complexity index is 349. The number of hydrogen-bond donors (Lipinski definition) is 1. The zero-order chi connectivity index (χ0) is 11.4. The van der Waals surface area contributed by atoms with E-state index in [0.717, 1.165) is 25.3 Å². The van der Waals surface area contributed by atoms with E-state index in [4.69, 9.17) is 4.74 Å². The van der Waals surface area contributed by atoms with Gasteiger partial charge < -0.3 is 10.1 Å². The summed E-state index contributed by atoms with van der Waals surface area (Å²) in [5, 5.41) is 3.55. The summed E-state index contributed by atoms with van der Waals surface area (Å²) in [6.07, 6.45) is 3.56. The molecule has 0 aliphatic carbocycles. The molecule has 2 heteroatoms. The molecule has 0 saturated carbocycles. The molecule has 1 heterocycles. The number of unbranched alkanes of at least 4 members (excludes halogenated alkanes) is 1. The Labute approximate surface area is 98.0 Å². The quantitative estimate of drug-likeness (QED) is 0.768. The summed E-state index contributed by atoms with van der Waals surface area (Å²) < 4.78 is 5.51. The van der Waals surface area contributed by atoms with Crippen LogP contribution in [0.3, 0.4) is 0 Å². The van der Waals surface area contributed by atoms with E-state index in [1.54, 1.807) is 0 Å². The van der Waals surface area contributed by atoms with Crippen LogP contribution in [0.4, 0.5) is 0 Å². The van der Waals surface area contributed by atoms with Gasteiger partial charge in [0.2, 0.25) is 0 Å². The van der Waals surface area contributed by atoms with E-state index in [2.05, 4.69) is 37.4 Å². The Kier molecular flexibility index (Phi) is 3.83. The maximum atomic E-state index is 5.51. The Balaban J connectivity index is 1.98. The minimum atomic E-state index is 0.442. The average molecular weight is 219 g/mol. The van der Waals surface area contributed by atoms with Crippen molar-refractivity contribution in [1.29, 1.82) is 0 Å². The van der Waals surface area contributed by atoms with Crippen molar-refractivity contribution in [2.24, 2.45) is 0 Å².